The van der Waals surface area contributed by atoms with E-state index in [0.717, 1.165) is 18.2 Å². The zero-order valence-electron chi connectivity index (χ0n) is 11.4. The number of nitrogens with zero attached hydrogens (tertiary/aromatic N) is 2. The second-order valence-electron chi connectivity index (χ2n) is 4.89. The summed E-state index contributed by atoms with van der Waals surface area (Å²) in [5.74, 6) is 3.12. The molecule has 0 aromatic carbocycles. The van der Waals surface area contributed by atoms with Crippen LogP contribution in [0.3, 0.4) is 0 Å². The summed E-state index contributed by atoms with van der Waals surface area (Å²) in [5.41, 5.74) is 1.30. The van der Waals surface area contributed by atoms with Crippen molar-refractivity contribution in [3.8, 4) is 0 Å². The van der Waals surface area contributed by atoms with Crippen molar-refractivity contribution in [3.05, 3.63) is 18.0 Å². The van der Waals surface area contributed by atoms with Gasteiger partial charge in [-0.15, -0.1) is 0 Å². The van der Waals surface area contributed by atoms with Crippen LogP contribution in [-0.2, 0) is 7.05 Å². The fraction of sp³-hybridized carbons (Fsp3) is 0.769. The van der Waals surface area contributed by atoms with E-state index in [1.807, 2.05) is 29.7 Å². The van der Waals surface area contributed by atoms with E-state index < -0.39 is 0 Å². The van der Waals surface area contributed by atoms with Crippen LogP contribution in [0, 0.1) is 5.92 Å². The molecule has 4 heteroatoms. The lowest BCUT2D eigenvalue weighted by atomic mass is 10.2. The molecule has 0 radical (unpaired) electrons. The van der Waals surface area contributed by atoms with Gasteiger partial charge in [-0.05, 0) is 24.6 Å². The van der Waals surface area contributed by atoms with Crippen LogP contribution in [0.25, 0.3) is 0 Å². The van der Waals surface area contributed by atoms with Crippen molar-refractivity contribution in [3.63, 3.8) is 0 Å². The number of nitrogens with one attached hydrogen (secondary N) is 1. The Morgan fingerprint density at radius 3 is 2.71 bits per heavy atom. The summed E-state index contributed by atoms with van der Waals surface area (Å²) in [6.07, 6.45) is 5.26. The van der Waals surface area contributed by atoms with Gasteiger partial charge in [0.15, 0.2) is 0 Å². The van der Waals surface area contributed by atoms with Crippen molar-refractivity contribution in [1.29, 1.82) is 0 Å². The molecule has 0 aliphatic heterocycles. The minimum absolute atomic E-state index is 0.437. The molecule has 98 valence electrons. The highest BCUT2D eigenvalue weighted by molar-refractivity contribution is 7.99. The van der Waals surface area contributed by atoms with Crippen LogP contribution in [0.2, 0.25) is 0 Å². The van der Waals surface area contributed by atoms with Crippen molar-refractivity contribution in [1.82, 2.24) is 15.1 Å². The number of aromatic nitrogens is 2. The molecular weight excluding hydrogens is 230 g/mol. The topological polar surface area (TPSA) is 29.9 Å². The molecule has 17 heavy (non-hydrogen) atoms. The molecule has 0 saturated heterocycles. The first-order valence-corrected chi connectivity index (χ1v) is 7.58. The number of thioether (sulfide) groups is 1. The van der Waals surface area contributed by atoms with E-state index in [-0.39, 0.29) is 0 Å². The lowest BCUT2D eigenvalue weighted by Crippen LogP contribution is -2.24. The van der Waals surface area contributed by atoms with Crippen LogP contribution >= 0.6 is 11.8 Å². The third-order valence-electron chi connectivity index (χ3n) is 2.50. The van der Waals surface area contributed by atoms with Crippen LogP contribution in [-0.4, -0.2) is 27.8 Å². The Balaban J connectivity index is 2.48. The molecule has 1 rings (SSSR count). The highest BCUT2D eigenvalue weighted by atomic mass is 32.2. The van der Waals surface area contributed by atoms with Gasteiger partial charge in [-0.25, -0.2) is 0 Å². The maximum absolute atomic E-state index is 4.26. The lowest BCUT2D eigenvalue weighted by Gasteiger charge is -2.17. The third kappa shape index (κ3) is 5.59. The Kier molecular flexibility index (Phi) is 6.66. The van der Waals surface area contributed by atoms with Crippen molar-refractivity contribution in [2.24, 2.45) is 13.0 Å². The fourth-order valence-corrected chi connectivity index (χ4v) is 2.79. The second kappa shape index (κ2) is 7.77. The van der Waals surface area contributed by atoms with Gasteiger partial charge in [-0.3, -0.25) is 4.68 Å². The molecular formula is C13H25N3S. The van der Waals surface area contributed by atoms with Crippen molar-refractivity contribution < 1.29 is 0 Å². The molecule has 0 bridgehead atoms. The molecule has 1 N–H and O–H groups in total. The molecule has 0 spiro atoms. The quantitative estimate of drug-likeness (QED) is 0.774. The maximum atomic E-state index is 4.26. The van der Waals surface area contributed by atoms with E-state index in [4.69, 9.17) is 0 Å². The van der Waals surface area contributed by atoms with E-state index in [0.29, 0.717) is 6.04 Å². The van der Waals surface area contributed by atoms with Gasteiger partial charge < -0.3 is 5.32 Å². The summed E-state index contributed by atoms with van der Waals surface area (Å²) >= 11 is 2.02. The number of aryl methyl sites for hydroxylation is 1. The molecule has 0 saturated carbocycles. The first-order valence-electron chi connectivity index (χ1n) is 6.43. The standard InChI is InChI=1S/C13H25N3S/c1-5-6-14-13(10-17-9-11(2)3)12-7-15-16(4)8-12/h7-8,11,13-14H,5-6,9-10H2,1-4H3. The molecule has 0 amide bonds. The SMILES string of the molecule is CCCNC(CSCC(C)C)c1cnn(C)c1. The summed E-state index contributed by atoms with van der Waals surface area (Å²) in [6, 6.07) is 0.437. The molecule has 1 atom stereocenters. The van der Waals surface area contributed by atoms with Crippen LogP contribution in [0.4, 0.5) is 0 Å². The van der Waals surface area contributed by atoms with Crippen molar-refractivity contribution >= 4 is 11.8 Å². The van der Waals surface area contributed by atoms with Gasteiger partial charge >= 0.3 is 0 Å². The maximum Gasteiger partial charge on any atom is 0.0537 e. The van der Waals surface area contributed by atoms with Crippen molar-refractivity contribution in [2.75, 3.05) is 18.1 Å². The van der Waals surface area contributed by atoms with Crippen LogP contribution in [0.1, 0.15) is 38.8 Å². The summed E-state index contributed by atoms with van der Waals surface area (Å²) < 4.78 is 1.88. The van der Waals surface area contributed by atoms with Gasteiger partial charge in [0.05, 0.1) is 6.20 Å². The van der Waals surface area contributed by atoms with Gasteiger partial charge in [0.1, 0.15) is 0 Å². The van der Waals surface area contributed by atoms with E-state index in [2.05, 4.69) is 37.4 Å². The highest BCUT2D eigenvalue weighted by Crippen LogP contribution is 2.19. The first kappa shape index (κ1) is 14.6. The minimum Gasteiger partial charge on any atom is -0.309 e. The van der Waals surface area contributed by atoms with Gasteiger partial charge in [0.25, 0.3) is 0 Å². The molecule has 0 aliphatic carbocycles. The third-order valence-corrected chi connectivity index (χ3v) is 3.98. The van der Waals surface area contributed by atoms with Crippen LogP contribution in [0.5, 0.6) is 0 Å². The van der Waals surface area contributed by atoms with E-state index >= 15 is 0 Å². The van der Waals surface area contributed by atoms with E-state index in [9.17, 15) is 0 Å². The summed E-state index contributed by atoms with van der Waals surface area (Å²) in [7, 11) is 1.97. The predicted molar refractivity (Wildman–Crippen MR) is 76.4 cm³/mol. The van der Waals surface area contributed by atoms with Gasteiger partial charge in [0, 0.05) is 30.6 Å². The molecule has 1 aromatic heterocycles. The number of hydrogen-bond acceptors (Lipinski definition) is 3. The molecule has 1 aromatic rings. The number of hydrogen-bond donors (Lipinski definition) is 1. The molecule has 0 aliphatic rings. The van der Waals surface area contributed by atoms with Gasteiger partial charge in [-0.1, -0.05) is 20.8 Å². The summed E-state index contributed by atoms with van der Waals surface area (Å²) in [5, 5.41) is 7.85. The Hall–Kier alpha value is -0.480. The van der Waals surface area contributed by atoms with E-state index in [1.54, 1.807) is 0 Å². The molecule has 0 fully saturated rings. The average molecular weight is 255 g/mol. The van der Waals surface area contributed by atoms with Gasteiger partial charge in [-0.2, -0.15) is 16.9 Å². The smallest absolute Gasteiger partial charge is 0.0537 e. The molecule has 1 unspecified atom stereocenters. The molecule has 3 nitrogen and oxygen atoms in total. The zero-order valence-corrected chi connectivity index (χ0v) is 12.3. The van der Waals surface area contributed by atoms with E-state index in [1.165, 1.54) is 17.7 Å². The van der Waals surface area contributed by atoms with Crippen LogP contribution < -0.4 is 5.32 Å². The Bertz CT molecular complexity index is 309. The largest absolute Gasteiger partial charge is 0.309 e. The lowest BCUT2D eigenvalue weighted by molar-refractivity contribution is 0.576. The Morgan fingerprint density at radius 2 is 2.18 bits per heavy atom. The van der Waals surface area contributed by atoms with Crippen LogP contribution in [0.15, 0.2) is 12.4 Å². The average Bonchev–Trinajstić information content (AvgIpc) is 2.69. The van der Waals surface area contributed by atoms with Gasteiger partial charge in [0.2, 0.25) is 0 Å². The fourth-order valence-electron chi connectivity index (χ4n) is 1.63. The predicted octanol–water partition coefficient (Wildman–Crippen LogP) is 2.85. The minimum atomic E-state index is 0.437. The summed E-state index contributed by atoms with van der Waals surface area (Å²) in [6.45, 7) is 7.81. The summed E-state index contributed by atoms with van der Waals surface area (Å²) in [4.78, 5) is 0. The zero-order chi connectivity index (χ0) is 12.7. The molecule has 1 heterocycles. The van der Waals surface area contributed by atoms with Crippen molar-refractivity contribution in [2.45, 2.75) is 33.2 Å². The Morgan fingerprint density at radius 1 is 1.41 bits per heavy atom. The monoisotopic (exact) mass is 255 g/mol. The normalized spacial score (nSPS) is 13.2. The highest BCUT2D eigenvalue weighted by Gasteiger charge is 2.12. The first-order chi connectivity index (χ1) is 8.13. The Labute approximate surface area is 109 Å². The second-order valence-corrected chi connectivity index (χ2v) is 5.96. The number of rotatable bonds is 8.